The predicted molar refractivity (Wildman–Crippen MR) is 85.9 cm³/mol. The van der Waals surface area contributed by atoms with Crippen LogP contribution in [-0.4, -0.2) is 20.7 Å². The Balaban J connectivity index is 2.06. The van der Waals surface area contributed by atoms with E-state index in [4.69, 9.17) is 21.1 Å². The Kier molecular flexibility index (Phi) is 6.05. The Morgan fingerprint density at radius 3 is 2.43 bits per heavy atom. The van der Waals surface area contributed by atoms with Crippen LogP contribution >= 0.6 is 11.6 Å². The van der Waals surface area contributed by atoms with Gasteiger partial charge < -0.3 is 14.8 Å². The monoisotopic (exact) mass is 305 g/mol. The van der Waals surface area contributed by atoms with Crippen LogP contribution in [-0.2, 0) is 11.3 Å². The van der Waals surface area contributed by atoms with Gasteiger partial charge in [0.25, 0.3) is 0 Å². The number of halogens is 1. The largest absolute Gasteiger partial charge is 0.497 e. The van der Waals surface area contributed by atoms with Gasteiger partial charge in [0, 0.05) is 11.6 Å². The molecule has 112 valence electrons. The van der Waals surface area contributed by atoms with Crippen LogP contribution < -0.4 is 10.1 Å². The molecule has 0 aliphatic heterocycles. The van der Waals surface area contributed by atoms with Gasteiger partial charge in [-0.3, -0.25) is 0 Å². The van der Waals surface area contributed by atoms with E-state index < -0.39 is 0 Å². The molecule has 1 unspecified atom stereocenters. The predicted octanol–water partition coefficient (Wildman–Crippen LogP) is 3.83. The van der Waals surface area contributed by atoms with Crippen molar-refractivity contribution in [2.75, 3.05) is 20.7 Å². The lowest BCUT2D eigenvalue weighted by molar-refractivity contribution is 0.0411. The van der Waals surface area contributed by atoms with Gasteiger partial charge in [0.15, 0.2) is 0 Å². The maximum absolute atomic E-state index is 6.16. The minimum absolute atomic E-state index is 0.0304. The fourth-order valence-corrected chi connectivity index (χ4v) is 2.27. The normalized spacial score (nSPS) is 12.1. The number of hydrogen-bond donors (Lipinski definition) is 1. The molecule has 3 nitrogen and oxygen atoms in total. The number of ether oxygens (including phenoxy) is 2. The first-order valence-electron chi connectivity index (χ1n) is 6.88. The van der Waals surface area contributed by atoms with Crippen molar-refractivity contribution in [1.29, 1.82) is 0 Å². The maximum atomic E-state index is 6.16. The zero-order valence-corrected chi connectivity index (χ0v) is 13.1. The summed E-state index contributed by atoms with van der Waals surface area (Å²) in [7, 11) is 3.57. The first-order valence-corrected chi connectivity index (χ1v) is 7.26. The fourth-order valence-electron chi connectivity index (χ4n) is 2.08. The Bertz CT molecular complexity index is 557. The molecule has 0 fully saturated rings. The topological polar surface area (TPSA) is 30.5 Å². The molecule has 0 saturated heterocycles. The molecule has 2 aromatic rings. The third-order valence-electron chi connectivity index (χ3n) is 3.27. The summed E-state index contributed by atoms with van der Waals surface area (Å²) in [4.78, 5) is 0. The molecule has 1 atom stereocenters. The van der Waals surface area contributed by atoms with Gasteiger partial charge in [-0.2, -0.15) is 0 Å². The highest BCUT2D eigenvalue weighted by Gasteiger charge is 2.12. The molecule has 21 heavy (non-hydrogen) atoms. The van der Waals surface area contributed by atoms with Gasteiger partial charge in [-0.1, -0.05) is 41.9 Å². The van der Waals surface area contributed by atoms with Crippen molar-refractivity contribution in [2.45, 2.75) is 12.7 Å². The van der Waals surface area contributed by atoms with Gasteiger partial charge in [0.05, 0.1) is 19.8 Å². The lowest BCUT2D eigenvalue weighted by Crippen LogP contribution is -2.19. The van der Waals surface area contributed by atoms with Crippen LogP contribution in [0.3, 0.4) is 0 Å². The average molecular weight is 306 g/mol. The Morgan fingerprint density at radius 1 is 1.10 bits per heavy atom. The molecule has 1 N–H and O–H groups in total. The summed E-state index contributed by atoms with van der Waals surface area (Å²) >= 11 is 6.16. The zero-order valence-electron chi connectivity index (χ0n) is 12.3. The van der Waals surface area contributed by atoms with Crippen LogP contribution in [0.15, 0.2) is 48.5 Å². The van der Waals surface area contributed by atoms with Gasteiger partial charge in [-0.15, -0.1) is 0 Å². The van der Waals surface area contributed by atoms with E-state index in [0.717, 1.165) is 28.4 Å². The average Bonchev–Trinajstić information content (AvgIpc) is 2.53. The number of rotatable bonds is 7. The van der Waals surface area contributed by atoms with Crippen molar-refractivity contribution >= 4 is 11.6 Å². The number of hydrogen-bond acceptors (Lipinski definition) is 3. The van der Waals surface area contributed by atoms with Crippen molar-refractivity contribution in [2.24, 2.45) is 0 Å². The second-order valence-corrected chi connectivity index (χ2v) is 5.13. The third kappa shape index (κ3) is 4.46. The van der Waals surface area contributed by atoms with Crippen LogP contribution in [0.5, 0.6) is 5.75 Å². The van der Waals surface area contributed by atoms with Gasteiger partial charge in [0.1, 0.15) is 5.75 Å². The Morgan fingerprint density at radius 2 is 1.81 bits per heavy atom. The molecule has 0 aromatic heterocycles. The van der Waals surface area contributed by atoms with Crippen LogP contribution in [0.4, 0.5) is 0 Å². The van der Waals surface area contributed by atoms with E-state index in [2.05, 4.69) is 5.32 Å². The molecule has 2 rings (SSSR count). The summed E-state index contributed by atoms with van der Waals surface area (Å²) in [6.07, 6.45) is -0.0304. The SMILES string of the molecule is CNCC(OCc1ccccc1Cl)c1ccc(OC)cc1. The molecule has 0 amide bonds. The highest BCUT2D eigenvalue weighted by molar-refractivity contribution is 6.31. The van der Waals surface area contributed by atoms with Crippen molar-refractivity contribution < 1.29 is 9.47 Å². The Labute approximate surface area is 130 Å². The summed E-state index contributed by atoms with van der Waals surface area (Å²) in [6, 6.07) is 15.7. The molecule has 2 aromatic carbocycles. The number of methoxy groups -OCH3 is 1. The second-order valence-electron chi connectivity index (χ2n) is 4.72. The zero-order chi connectivity index (χ0) is 15.1. The van der Waals surface area contributed by atoms with Gasteiger partial charge in [-0.25, -0.2) is 0 Å². The van der Waals surface area contributed by atoms with E-state index in [1.807, 2.05) is 55.6 Å². The molecule has 0 aliphatic rings. The molecular weight excluding hydrogens is 286 g/mol. The van der Waals surface area contributed by atoms with E-state index in [9.17, 15) is 0 Å². The van der Waals surface area contributed by atoms with E-state index in [1.54, 1.807) is 7.11 Å². The van der Waals surface area contributed by atoms with Crippen molar-refractivity contribution in [3.63, 3.8) is 0 Å². The molecule has 0 radical (unpaired) electrons. The standard InChI is InChI=1S/C17H20ClNO2/c1-19-11-17(13-7-9-15(20-2)10-8-13)21-12-14-5-3-4-6-16(14)18/h3-10,17,19H,11-12H2,1-2H3. The summed E-state index contributed by atoms with van der Waals surface area (Å²) < 4.78 is 11.2. The van der Waals surface area contributed by atoms with Crippen LogP contribution in [0, 0.1) is 0 Å². The van der Waals surface area contributed by atoms with Crippen molar-refractivity contribution in [3.05, 3.63) is 64.7 Å². The number of likely N-dealkylation sites (N-methyl/N-ethyl adjacent to an activating group) is 1. The van der Waals surface area contributed by atoms with Gasteiger partial charge in [0.2, 0.25) is 0 Å². The van der Waals surface area contributed by atoms with E-state index >= 15 is 0 Å². The molecule has 0 spiro atoms. The Hall–Kier alpha value is -1.55. The minimum atomic E-state index is -0.0304. The number of benzene rings is 2. The van der Waals surface area contributed by atoms with Gasteiger partial charge in [-0.05, 0) is 36.4 Å². The smallest absolute Gasteiger partial charge is 0.118 e. The first kappa shape index (κ1) is 15.8. The van der Waals surface area contributed by atoms with Crippen molar-refractivity contribution in [1.82, 2.24) is 5.32 Å². The van der Waals surface area contributed by atoms with E-state index in [1.165, 1.54) is 0 Å². The van der Waals surface area contributed by atoms with Crippen LogP contribution in [0.1, 0.15) is 17.2 Å². The molecule has 0 aliphatic carbocycles. The lowest BCUT2D eigenvalue weighted by Gasteiger charge is -2.19. The van der Waals surface area contributed by atoms with Crippen LogP contribution in [0.2, 0.25) is 5.02 Å². The number of nitrogens with one attached hydrogen (secondary N) is 1. The van der Waals surface area contributed by atoms with Crippen molar-refractivity contribution in [3.8, 4) is 5.75 Å². The molecule has 0 saturated carbocycles. The summed E-state index contributed by atoms with van der Waals surface area (Å²) in [5.41, 5.74) is 2.10. The highest BCUT2D eigenvalue weighted by Crippen LogP contribution is 2.23. The highest BCUT2D eigenvalue weighted by atomic mass is 35.5. The molecular formula is C17H20ClNO2. The minimum Gasteiger partial charge on any atom is -0.497 e. The van der Waals surface area contributed by atoms with E-state index in [0.29, 0.717) is 6.61 Å². The quantitative estimate of drug-likeness (QED) is 0.843. The van der Waals surface area contributed by atoms with Gasteiger partial charge >= 0.3 is 0 Å². The fraction of sp³-hybridized carbons (Fsp3) is 0.294. The summed E-state index contributed by atoms with van der Waals surface area (Å²) in [5, 5.41) is 3.89. The molecule has 0 bridgehead atoms. The third-order valence-corrected chi connectivity index (χ3v) is 3.64. The second kappa shape index (κ2) is 8.03. The van der Waals surface area contributed by atoms with Crippen LogP contribution in [0.25, 0.3) is 0 Å². The summed E-state index contributed by atoms with van der Waals surface area (Å²) in [5.74, 6) is 0.841. The molecule has 4 heteroatoms. The maximum Gasteiger partial charge on any atom is 0.118 e. The summed E-state index contributed by atoms with van der Waals surface area (Å²) in [6.45, 7) is 1.22. The first-order chi connectivity index (χ1) is 10.2. The lowest BCUT2D eigenvalue weighted by atomic mass is 10.1. The molecule has 0 heterocycles. The van der Waals surface area contributed by atoms with E-state index in [-0.39, 0.29) is 6.10 Å².